The van der Waals surface area contributed by atoms with Crippen molar-refractivity contribution in [1.82, 2.24) is 4.98 Å². The SMILES string of the molecule is CC1c2ccccc2CCN1c1ccc(Cl)c(C#N)n1. The second-order valence-electron chi connectivity index (χ2n) is 4.93. The van der Waals surface area contributed by atoms with Gasteiger partial charge in [0.25, 0.3) is 0 Å². The highest BCUT2D eigenvalue weighted by molar-refractivity contribution is 6.31. The van der Waals surface area contributed by atoms with Crippen LogP contribution in [0.4, 0.5) is 5.82 Å². The third-order valence-corrected chi connectivity index (χ3v) is 4.13. The van der Waals surface area contributed by atoms with Crippen molar-refractivity contribution in [3.05, 3.63) is 58.2 Å². The molecule has 0 radical (unpaired) electrons. The van der Waals surface area contributed by atoms with E-state index in [9.17, 15) is 0 Å². The summed E-state index contributed by atoms with van der Waals surface area (Å²) < 4.78 is 0. The Morgan fingerprint density at radius 3 is 2.90 bits per heavy atom. The maximum Gasteiger partial charge on any atom is 0.161 e. The van der Waals surface area contributed by atoms with E-state index in [0.717, 1.165) is 18.8 Å². The first-order valence-corrected chi connectivity index (χ1v) is 6.99. The highest BCUT2D eigenvalue weighted by Gasteiger charge is 2.24. The molecular formula is C16H14ClN3. The summed E-state index contributed by atoms with van der Waals surface area (Å²) in [4.78, 5) is 6.59. The van der Waals surface area contributed by atoms with E-state index in [1.165, 1.54) is 11.1 Å². The Kier molecular flexibility index (Phi) is 3.33. The van der Waals surface area contributed by atoms with Crippen LogP contribution in [0.15, 0.2) is 36.4 Å². The Morgan fingerprint density at radius 1 is 1.30 bits per heavy atom. The predicted octanol–water partition coefficient (Wildman–Crippen LogP) is 3.73. The fourth-order valence-electron chi connectivity index (χ4n) is 2.76. The van der Waals surface area contributed by atoms with Gasteiger partial charge in [0.05, 0.1) is 11.1 Å². The molecule has 2 aromatic rings. The van der Waals surface area contributed by atoms with E-state index in [0.29, 0.717) is 5.02 Å². The molecule has 1 aromatic carbocycles. The minimum absolute atomic E-state index is 0.250. The molecule has 4 heteroatoms. The van der Waals surface area contributed by atoms with Crippen LogP contribution in [-0.2, 0) is 6.42 Å². The summed E-state index contributed by atoms with van der Waals surface area (Å²) in [5.74, 6) is 0.813. The molecule has 3 nitrogen and oxygen atoms in total. The molecule has 1 aromatic heterocycles. The van der Waals surface area contributed by atoms with Gasteiger partial charge in [0.15, 0.2) is 5.69 Å². The number of anilines is 1. The molecule has 0 fully saturated rings. The van der Waals surface area contributed by atoms with Crippen molar-refractivity contribution in [1.29, 1.82) is 5.26 Å². The molecule has 1 atom stereocenters. The number of aromatic nitrogens is 1. The summed E-state index contributed by atoms with van der Waals surface area (Å²) in [7, 11) is 0. The molecule has 0 saturated heterocycles. The maximum atomic E-state index is 9.05. The molecule has 100 valence electrons. The summed E-state index contributed by atoms with van der Waals surface area (Å²) >= 11 is 5.95. The fourth-order valence-corrected chi connectivity index (χ4v) is 2.90. The van der Waals surface area contributed by atoms with Gasteiger partial charge in [-0.3, -0.25) is 0 Å². The minimum atomic E-state index is 0.250. The number of nitrogens with zero attached hydrogens (tertiary/aromatic N) is 3. The van der Waals surface area contributed by atoms with E-state index in [2.05, 4.69) is 41.1 Å². The molecule has 0 amide bonds. The summed E-state index contributed by atoms with van der Waals surface area (Å²) in [6.07, 6.45) is 0.993. The van der Waals surface area contributed by atoms with Gasteiger partial charge in [0.1, 0.15) is 11.9 Å². The molecule has 0 spiro atoms. The average molecular weight is 284 g/mol. The summed E-state index contributed by atoms with van der Waals surface area (Å²) in [5.41, 5.74) is 3.01. The Hall–Kier alpha value is -2.05. The Labute approximate surface area is 123 Å². The molecule has 1 aliphatic rings. The van der Waals surface area contributed by atoms with Gasteiger partial charge in [0.2, 0.25) is 0 Å². The number of rotatable bonds is 1. The lowest BCUT2D eigenvalue weighted by atomic mass is 9.93. The quantitative estimate of drug-likeness (QED) is 0.800. The van der Waals surface area contributed by atoms with E-state index in [1.807, 2.05) is 12.1 Å². The van der Waals surface area contributed by atoms with Crippen molar-refractivity contribution in [2.75, 3.05) is 11.4 Å². The first-order chi connectivity index (χ1) is 9.70. The molecule has 1 aliphatic heterocycles. The fraction of sp³-hybridized carbons (Fsp3) is 0.250. The lowest BCUT2D eigenvalue weighted by Gasteiger charge is -2.36. The number of hydrogen-bond donors (Lipinski definition) is 0. The monoisotopic (exact) mass is 283 g/mol. The van der Waals surface area contributed by atoms with Gasteiger partial charge >= 0.3 is 0 Å². The van der Waals surface area contributed by atoms with E-state index in [1.54, 1.807) is 6.07 Å². The molecular weight excluding hydrogens is 270 g/mol. The largest absolute Gasteiger partial charge is 0.349 e. The first-order valence-electron chi connectivity index (χ1n) is 6.62. The molecule has 20 heavy (non-hydrogen) atoms. The van der Waals surface area contributed by atoms with Crippen LogP contribution in [-0.4, -0.2) is 11.5 Å². The maximum absolute atomic E-state index is 9.05. The second kappa shape index (κ2) is 5.15. The van der Waals surface area contributed by atoms with Crippen LogP contribution in [0.5, 0.6) is 0 Å². The van der Waals surface area contributed by atoms with Crippen molar-refractivity contribution in [2.24, 2.45) is 0 Å². The van der Waals surface area contributed by atoms with Crippen LogP contribution in [0.2, 0.25) is 5.02 Å². The van der Waals surface area contributed by atoms with Crippen molar-refractivity contribution in [3.8, 4) is 6.07 Å². The number of fused-ring (bicyclic) bond motifs is 1. The third kappa shape index (κ3) is 2.13. The zero-order valence-corrected chi connectivity index (χ0v) is 11.9. The summed E-state index contributed by atoms with van der Waals surface area (Å²) in [5, 5.41) is 9.45. The molecule has 2 heterocycles. The molecule has 3 rings (SSSR count). The van der Waals surface area contributed by atoms with Crippen molar-refractivity contribution >= 4 is 17.4 Å². The van der Waals surface area contributed by atoms with Crippen molar-refractivity contribution in [3.63, 3.8) is 0 Å². The van der Waals surface area contributed by atoms with E-state index >= 15 is 0 Å². The van der Waals surface area contributed by atoms with E-state index < -0.39 is 0 Å². The molecule has 1 unspecified atom stereocenters. The van der Waals surface area contributed by atoms with Gasteiger partial charge in [-0.1, -0.05) is 35.9 Å². The molecule has 0 bridgehead atoms. The lowest BCUT2D eigenvalue weighted by molar-refractivity contribution is 0.617. The van der Waals surface area contributed by atoms with E-state index in [-0.39, 0.29) is 11.7 Å². The zero-order chi connectivity index (χ0) is 14.1. The standard InChI is InChI=1S/C16H14ClN3/c1-11-13-5-3-2-4-12(13)8-9-20(11)16-7-6-14(17)15(10-18)19-16/h2-7,11H,8-9H2,1H3. The Balaban J connectivity index is 1.99. The molecule has 0 saturated carbocycles. The van der Waals surface area contributed by atoms with E-state index in [4.69, 9.17) is 16.9 Å². The van der Waals surface area contributed by atoms with Crippen LogP contribution in [0.1, 0.15) is 29.8 Å². The van der Waals surface area contributed by atoms with Crippen LogP contribution >= 0.6 is 11.6 Å². The highest BCUT2D eigenvalue weighted by atomic mass is 35.5. The summed E-state index contributed by atoms with van der Waals surface area (Å²) in [6, 6.07) is 14.4. The predicted molar refractivity (Wildman–Crippen MR) is 79.9 cm³/mol. The number of nitriles is 1. The minimum Gasteiger partial charge on any atom is -0.349 e. The van der Waals surface area contributed by atoms with Crippen molar-refractivity contribution in [2.45, 2.75) is 19.4 Å². The van der Waals surface area contributed by atoms with Gasteiger partial charge < -0.3 is 4.90 Å². The van der Waals surface area contributed by atoms with Gasteiger partial charge in [-0.2, -0.15) is 5.26 Å². The number of halogens is 1. The van der Waals surface area contributed by atoms with Gasteiger partial charge in [0, 0.05) is 6.54 Å². The lowest BCUT2D eigenvalue weighted by Crippen LogP contribution is -2.34. The van der Waals surface area contributed by atoms with Crippen LogP contribution < -0.4 is 4.90 Å². The third-order valence-electron chi connectivity index (χ3n) is 3.83. The normalized spacial score (nSPS) is 17.4. The average Bonchev–Trinajstić information content (AvgIpc) is 2.49. The Morgan fingerprint density at radius 2 is 2.10 bits per heavy atom. The van der Waals surface area contributed by atoms with Gasteiger partial charge in [-0.05, 0) is 36.6 Å². The smallest absolute Gasteiger partial charge is 0.161 e. The zero-order valence-electron chi connectivity index (χ0n) is 11.2. The number of pyridine rings is 1. The van der Waals surface area contributed by atoms with Crippen LogP contribution in [0, 0.1) is 11.3 Å². The highest BCUT2D eigenvalue weighted by Crippen LogP contribution is 2.33. The Bertz CT molecular complexity index is 690. The van der Waals surface area contributed by atoms with Crippen molar-refractivity contribution < 1.29 is 0 Å². The number of hydrogen-bond acceptors (Lipinski definition) is 3. The topological polar surface area (TPSA) is 39.9 Å². The number of benzene rings is 1. The van der Waals surface area contributed by atoms with Gasteiger partial charge in [-0.15, -0.1) is 0 Å². The molecule has 0 aliphatic carbocycles. The first kappa shape index (κ1) is 13.0. The van der Waals surface area contributed by atoms with Crippen LogP contribution in [0.25, 0.3) is 0 Å². The summed E-state index contributed by atoms with van der Waals surface area (Å²) in [6.45, 7) is 3.07. The molecule has 0 N–H and O–H groups in total. The van der Waals surface area contributed by atoms with Crippen LogP contribution in [0.3, 0.4) is 0 Å². The van der Waals surface area contributed by atoms with Gasteiger partial charge in [-0.25, -0.2) is 4.98 Å². The second-order valence-corrected chi connectivity index (χ2v) is 5.34.